The van der Waals surface area contributed by atoms with E-state index in [0.29, 0.717) is 36.7 Å². The molecule has 2 aliphatic heterocycles. The van der Waals surface area contributed by atoms with Gasteiger partial charge in [-0.3, -0.25) is 4.90 Å². The summed E-state index contributed by atoms with van der Waals surface area (Å²) in [5.41, 5.74) is 3.70. The molecule has 0 radical (unpaired) electrons. The first-order valence-electron chi connectivity index (χ1n) is 14.8. The van der Waals surface area contributed by atoms with Crippen LogP contribution in [-0.2, 0) is 26.1 Å². The summed E-state index contributed by atoms with van der Waals surface area (Å²) in [4.78, 5) is 16.2. The highest BCUT2D eigenvalue weighted by atomic mass is 19.1. The van der Waals surface area contributed by atoms with Gasteiger partial charge in [0.05, 0.1) is 18.1 Å². The van der Waals surface area contributed by atoms with Crippen LogP contribution in [0, 0.1) is 21.7 Å². The third-order valence-electron chi connectivity index (χ3n) is 8.34. The number of benzene rings is 3. The fraction of sp³-hybridized carbons (Fsp3) is 0.273. The van der Waals surface area contributed by atoms with E-state index in [1.807, 2.05) is 23.1 Å². The fourth-order valence-electron chi connectivity index (χ4n) is 5.97. The molecule has 7 rings (SSSR count). The van der Waals surface area contributed by atoms with Gasteiger partial charge in [-0.2, -0.15) is 4.57 Å². The van der Waals surface area contributed by atoms with Gasteiger partial charge in [0.1, 0.15) is 24.4 Å². The largest absolute Gasteiger partial charge is 0.493 e. The van der Waals surface area contributed by atoms with Gasteiger partial charge in [-0.25, -0.2) is 8.78 Å². The zero-order chi connectivity index (χ0) is 31.8. The summed E-state index contributed by atoms with van der Waals surface area (Å²) in [6.07, 6.45) is 5.65. The number of pyridine rings is 1. The summed E-state index contributed by atoms with van der Waals surface area (Å²) >= 11 is 0. The standard InChI is InChI=1S/C33H30F2N5O6/c1-43-29-5-3-21-12-28-25-15-31-30(45-20-46-31)13-22(25)6-7-39(28)17-26(21)33(29)44-11-10-37(16-23-2-4-24(34)14-27(23)35)8-9-38-18-32(36-19-38)40(41)42/h2-5,12-15,17-19H,6-11,16,20H2,1H3/q+1. The summed E-state index contributed by atoms with van der Waals surface area (Å²) in [6.45, 7) is 2.56. The highest BCUT2D eigenvalue weighted by molar-refractivity contribution is 5.91. The predicted molar refractivity (Wildman–Crippen MR) is 162 cm³/mol. The van der Waals surface area contributed by atoms with Crippen LogP contribution in [0.5, 0.6) is 23.0 Å². The van der Waals surface area contributed by atoms with Crippen molar-refractivity contribution in [1.82, 2.24) is 14.5 Å². The first-order valence-corrected chi connectivity index (χ1v) is 14.8. The van der Waals surface area contributed by atoms with E-state index in [1.165, 1.54) is 30.2 Å². The van der Waals surface area contributed by atoms with Crippen LogP contribution in [0.1, 0.15) is 11.1 Å². The van der Waals surface area contributed by atoms with Crippen molar-refractivity contribution in [3.8, 4) is 34.3 Å². The molecular weight excluding hydrogens is 600 g/mol. The lowest BCUT2D eigenvalue weighted by Crippen LogP contribution is -2.40. The average molecular weight is 631 g/mol. The molecule has 0 atom stereocenters. The molecule has 0 bridgehead atoms. The van der Waals surface area contributed by atoms with E-state index < -0.39 is 16.6 Å². The molecule has 0 fully saturated rings. The van der Waals surface area contributed by atoms with Gasteiger partial charge >= 0.3 is 5.82 Å². The van der Waals surface area contributed by atoms with Gasteiger partial charge in [-0.15, -0.1) is 0 Å². The van der Waals surface area contributed by atoms with Crippen molar-refractivity contribution in [2.75, 3.05) is 33.6 Å². The second-order valence-electron chi connectivity index (χ2n) is 11.2. The van der Waals surface area contributed by atoms with Crippen molar-refractivity contribution in [2.45, 2.75) is 26.1 Å². The van der Waals surface area contributed by atoms with E-state index in [0.717, 1.165) is 52.6 Å². The Morgan fingerprint density at radius 2 is 1.96 bits per heavy atom. The van der Waals surface area contributed by atoms with E-state index in [1.54, 1.807) is 11.7 Å². The van der Waals surface area contributed by atoms with E-state index in [4.69, 9.17) is 18.9 Å². The molecule has 0 saturated heterocycles. The zero-order valence-corrected chi connectivity index (χ0v) is 24.9. The van der Waals surface area contributed by atoms with Crippen molar-refractivity contribution < 1.29 is 37.2 Å². The number of aryl methyl sites for hydroxylation is 2. The van der Waals surface area contributed by atoms with Crippen molar-refractivity contribution >= 4 is 16.6 Å². The number of hydrogen-bond acceptors (Lipinski definition) is 8. The minimum atomic E-state index is -0.653. The second kappa shape index (κ2) is 12.2. The SMILES string of the molecule is COc1ccc2cc3[n+](cc2c1OCCN(CCn1cnc([N+](=O)[O-])c1)Cc1ccc(F)cc1F)CCc1cc2c(cc1-3)OCO2. The maximum atomic E-state index is 14.6. The lowest BCUT2D eigenvalue weighted by molar-refractivity contribution is -0.686. The maximum Gasteiger partial charge on any atom is 0.381 e. The van der Waals surface area contributed by atoms with E-state index in [9.17, 15) is 18.9 Å². The molecule has 0 aliphatic carbocycles. The average Bonchev–Trinajstić information content (AvgIpc) is 3.72. The molecule has 236 valence electrons. The van der Waals surface area contributed by atoms with Gasteiger partial charge in [0.2, 0.25) is 18.8 Å². The molecule has 3 aromatic carbocycles. The first-order chi connectivity index (χ1) is 22.4. The molecule has 5 aromatic rings. The van der Waals surface area contributed by atoms with Crippen LogP contribution in [0.25, 0.3) is 22.0 Å². The number of halogens is 2. The molecule has 13 heteroatoms. The first kappa shape index (κ1) is 29.4. The lowest BCUT2D eigenvalue weighted by Gasteiger charge is -2.23. The third kappa shape index (κ3) is 5.76. The quantitative estimate of drug-likeness (QED) is 0.113. The van der Waals surface area contributed by atoms with Crippen LogP contribution in [0.4, 0.5) is 14.6 Å². The van der Waals surface area contributed by atoms with Gasteiger partial charge in [0, 0.05) is 50.3 Å². The summed E-state index contributed by atoms with van der Waals surface area (Å²) in [5, 5.41) is 12.9. The number of nitrogens with zero attached hydrogens (tertiary/aromatic N) is 5. The number of methoxy groups -OCH3 is 1. The summed E-state index contributed by atoms with van der Waals surface area (Å²) in [7, 11) is 1.59. The number of fused-ring (bicyclic) bond motifs is 5. The molecule has 46 heavy (non-hydrogen) atoms. The summed E-state index contributed by atoms with van der Waals surface area (Å²) in [6, 6.07) is 13.6. The fourth-order valence-corrected chi connectivity index (χ4v) is 5.97. The highest BCUT2D eigenvalue weighted by Gasteiger charge is 2.29. The van der Waals surface area contributed by atoms with Crippen LogP contribution in [0.15, 0.2) is 67.3 Å². The molecule has 0 unspecified atom stereocenters. The van der Waals surface area contributed by atoms with Crippen LogP contribution < -0.4 is 23.5 Å². The molecule has 0 spiro atoms. The second-order valence-corrected chi connectivity index (χ2v) is 11.2. The topological polar surface area (TPSA) is 105 Å². The Morgan fingerprint density at radius 3 is 2.74 bits per heavy atom. The van der Waals surface area contributed by atoms with Gasteiger partial charge in [0.15, 0.2) is 35.7 Å². The van der Waals surface area contributed by atoms with Crippen LogP contribution in [-0.4, -0.2) is 53.0 Å². The predicted octanol–water partition coefficient (Wildman–Crippen LogP) is 5.05. The number of rotatable bonds is 11. The minimum absolute atomic E-state index is 0.181. The molecule has 0 saturated carbocycles. The monoisotopic (exact) mass is 630 g/mol. The smallest absolute Gasteiger partial charge is 0.381 e. The Hall–Kier alpha value is -5.30. The Bertz CT molecular complexity index is 1970. The Kier molecular flexibility index (Phi) is 7.83. The normalized spacial score (nSPS) is 13.1. The van der Waals surface area contributed by atoms with E-state index in [2.05, 4.69) is 27.9 Å². The number of hydrogen-bond donors (Lipinski definition) is 0. The minimum Gasteiger partial charge on any atom is -0.493 e. The molecular formula is C33H30F2N5O6+. The Morgan fingerprint density at radius 1 is 1.11 bits per heavy atom. The van der Waals surface area contributed by atoms with Crippen molar-refractivity contribution in [3.05, 3.63) is 100 Å². The molecule has 4 heterocycles. The number of aromatic nitrogens is 3. The lowest BCUT2D eigenvalue weighted by atomic mass is 9.95. The van der Waals surface area contributed by atoms with Crippen molar-refractivity contribution in [2.24, 2.45) is 0 Å². The van der Waals surface area contributed by atoms with E-state index >= 15 is 0 Å². The summed E-state index contributed by atoms with van der Waals surface area (Å²) < 4.78 is 55.3. The highest BCUT2D eigenvalue weighted by Crippen LogP contribution is 2.41. The van der Waals surface area contributed by atoms with Gasteiger partial charge in [0.25, 0.3) is 0 Å². The van der Waals surface area contributed by atoms with Crippen molar-refractivity contribution in [3.63, 3.8) is 0 Å². The maximum absolute atomic E-state index is 14.6. The van der Waals surface area contributed by atoms with Gasteiger partial charge in [-0.1, -0.05) is 6.07 Å². The van der Waals surface area contributed by atoms with Crippen molar-refractivity contribution in [1.29, 1.82) is 0 Å². The molecule has 2 aromatic heterocycles. The zero-order valence-electron chi connectivity index (χ0n) is 24.9. The number of nitro groups is 1. The number of imidazole rings is 1. The van der Waals surface area contributed by atoms with E-state index in [-0.39, 0.29) is 25.8 Å². The molecule has 2 aliphatic rings. The third-order valence-corrected chi connectivity index (χ3v) is 8.34. The Labute approximate surface area is 262 Å². The van der Waals surface area contributed by atoms with Crippen LogP contribution in [0.2, 0.25) is 0 Å². The summed E-state index contributed by atoms with van der Waals surface area (Å²) in [5.74, 6) is 1.13. The Balaban J connectivity index is 1.13. The van der Waals surface area contributed by atoms with Gasteiger partial charge < -0.3 is 33.6 Å². The van der Waals surface area contributed by atoms with Gasteiger partial charge in [-0.05, 0) is 51.2 Å². The molecule has 0 N–H and O–H groups in total. The molecule has 0 amide bonds. The number of ether oxygens (including phenoxy) is 4. The van der Waals surface area contributed by atoms with Crippen LogP contribution >= 0.6 is 0 Å². The van der Waals surface area contributed by atoms with Crippen LogP contribution in [0.3, 0.4) is 0 Å². The molecule has 11 nitrogen and oxygen atoms in total.